The molecular weight excluding hydrogens is 336 g/mol. The van der Waals surface area contributed by atoms with Crippen LogP contribution in [-0.2, 0) is 11.3 Å². The zero-order valence-electron chi connectivity index (χ0n) is 13.7. The van der Waals surface area contributed by atoms with Gasteiger partial charge < -0.3 is 10.3 Å². The second kappa shape index (κ2) is 7.85. The number of nitrogens with zero attached hydrogens (tertiary/aromatic N) is 1. The first kappa shape index (κ1) is 17.0. The van der Waals surface area contributed by atoms with E-state index in [9.17, 15) is 9.59 Å². The molecule has 3 amide bonds. The minimum Gasteiger partial charge on any atom is -0.334 e. The van der Waals surface area contributed by atoms with Gasteiger partial charge in [-0.3, -0.25) is 10.1 Å². The highest BCUT2D eigenvalue weighted by Gasteiger charge is 2.18. The zero-order valence-corrected chi connectivity index (χ0v) is 14.5. The molecule has 7 heteroatoms. The van der Waals surface area contributed by atoms with Gasteiger partial charge in [-0.2, -0.15) is 0 Å². The van der Waals surface area contributed by atoms with Crippen LogP contribution < -0.4 is 10.6 Å². The average molecular weight is 354 g/mol. The Hall–Kier alpha value is -2.80. The Morgan fingerprint density at radius 3 is 2.60 bits per heavy atom. The number of hydrogen-bond donors (Lipinski definition) is 3. The van der Waals surface area contributed by atoms with Crippen LogP contribution in [-0.4, -0.2) is 27.2 Å². The van der Waals surface area contributed by atoms with Crippen LogP contribution in [0.15, 0.2) is 59.8 Å². The van der Waals surface area contributed by atoms with E-state index in [1.54, 1.807) is 6.92 Å². The third kappa shape index (κ3) is 4.60. The van der Waals surface area contributed by atoms with E-state index in [0.29, 0.717) is 11.7 Å². The van der Waals surface area contributed by atoms with Crippen LogP contribution in [0.25, 0.3) is 11.0 Å². The molecule has 0 radical (unpaired) electrons. The van der Waals surface area contributed by atoms with Gasteiger partial charge in [0.15, 0.2) is 5.16 Å². The van der Waals surface area contributed by atoms with Crippen LogP contribution in [0.3, 0.4) is 0 Å². The summed E-state index contributed by atoms with van der Waals surface area (Å²) in [7, 11) is 0. The van der Waals surface area contributed by atoms with Gasteiger partial charge in [0.05, 0.1) is 16.3 Å². The second-order valence-corrected chi connectivity index (χ2v) is 6.81. The Kier molecular flexibility index (Phi) is 5.35. The van der Waals surface area contributed by atoms with Crippen molar-refractivity contribution in [3.63, 3.8) is 0 Å². The van der Waals surface area contributed by atoms with Crippen molar-refractivity contribution in [2.45, 2.75) is 23.9 Å². The van der Waals surface area contributed by atoms with Gasteiger partial charge in [0, 0.05) is 6.54 Å². The number of benzene rings is 2. The molecule has 0 aliphatic rings. The van der Waals surface area contributed by atoms with E-state index in [0.717, 1.165) is 16.6 Å². The van der Waals surface area contributed by atoms with Crippen LogP contribution in [0.1, 0.15) is 12.5 Å². The number of thioether (sulfide) groups is 1. The molecule has 25 heavy (non-hydrogen) atoms. The van der Waals surface area contributed by atoms with Crippen LogP contribution in [0.4, 0.5) is 4.79 Å². The first-order valence-corrected chi connectivity index (χ1v) is 8.74. The Morgan fingerprint density at radius 2 is 1.84 bits per heavy atom. The molecule has 3 rings (SSSR count). The van der Waals surface area contributed by atoms with Crippen LogP contribution in [0.5, 0.6) is 0 Å². The molecule has 1 heterocycles. The number of para-hydroxylation sites is 2. The van der Waals surface area contributed by atoms with E-state index < -0.39 is 11.3 Å². The van der Waals surface area contributed by atoms with E-state index in [-0.39, 0.29) is 5.91 Å². The lowest BCUT2D eigenvalue weighted by atomic mass is 10.2. The number of rotatable bonds is 5. The highest BCUT2D eigenvalue weighted by molar-refractivity contribution is 8.00. The number of hydrogen-bond acceptors (Lipinski definition) is 4. The molecule has 1 atom stereocenters. The topological polar surface area (TPSA) is 86.9 Å². The monoisotopic (exact) mass is 354 g/mol. The number of amides is 3. The van der Waals surface area contributed by atoms with Crippen LogP contribution in [0.2, 0.25) is 0 Å². The zero-order chi connectivity index (χ0) is 17.6. The van der Waals surface area contributed by atoms with Crippen molar-refractivity contribution in [3.05, 3.63) is 60.2 Å². The van der Waals surface area contributed by atoms with Crippen LogP contribution in [0, 0.1) is 0 Å². The van der Waals surface area contributed by atoms with Crippen molar-refractivity contribution < 1.29 is 9.59 Å². The Morgan fingerprint density at radius 1 is 1.12 bits per heavy atom. The number of urea groups is 1. The van der Waals surface area contributed by atoms with E-state index in [2.05, 4.69) is 20.6 Å². The molecule has 3 N–H and O–H groups in total. The molecule has 0 aliphatic heterocycles. The molecule has 1 aromatic heterocycles. The number of H-pyrrole nitrogens is 1. The summed E-state index contributed by atoms with van der Waals surface area (Å²) in [6.07, 6.45) is 0. The SMILES string of the molecule is CC(Sc1nc2ccccc2[nH]1)C(=O)NC(=O)NCc1ccccc1. The highest BCUT2D eigenvalue weighted by Crippen LogP contribution is 2.23. The van der Waals surface area contributed by atoms with Gasteiger partial charge in [0.1, 0.15) is 0 Å². The third-order valence-electron chi connectivity index (χ3n) is 3.56. The summed E-state index contributed by atoms with van der Waals surface area (Å²) in [5.41, 5.74) is 2.73. The number of carbonyl (C=O) groups is 2. The molecule has 0 spiro atoms. The van der Waals surface area contributed by atoms with E-state index in [1.165, 1.54) is 11.8 Å². The quantitative estimate of drug-likeness (QED) is 0.615. The number of imide groups is 1. The second-order valence-electron chi connectivity index (χ2n) is 5.48. The predicted molar refractivity (Wildman–Crippen MR) is 98.2 cm³/mol. The lowest BCUT2D eigenvalue weighted by molar-refractivity contribution is -0.119. The maximum atomic E-state index is 12.1. The molecule has 128 valence electrons. The predicted octanol–water partition coefficient (Wildman–Crippen LogP) is 3.07. The standard InChI is InChI=1S/C18H18N4O2S/c1-12(25-18-20-14-9-5-6-10-15(14)21-18)16(23)22-17(24)19-11-13-7-3-2-4-8-13/h2-10,12H,11H2,1H3,(H,20,21)(H2,19,22,23,24). The summed E-state index contributed by atoms with van der Waals surface area (Å²) in [4.78, 5) is 31.6. The summed E-state index contributed by atoms with van der Waals surface area (Å²) in [5, 5.41) is 5.21. The number of fused-ring (bicyclic) bond motifs is 1. The summed E-state index contributed by atoms with van der Waals surface area (Å²) in [6, 6.07) is 16.6. The molecule has 0 fully saturated rings. The number of aromatic nitrogens is 2. The molecule has 3 aromatic rings. The largest absolute Gasteiger partial charge is 0.334 e. The Bertz CT molecular complexity index is 846. The van der Waals surface area contributed by atoms with Crippen LogP contribution >= 0.6 is 11.8 Å². The molecule has 0 bridgehead atoms. The summed E-state index contributed by atoms with van der Waals surface area (Å²) in [6.45, 7) is 2.10. The van der Waals surface area contributed by atoms with Gasteiger partial charge in [0.25, 0.3) is 0 Å². The van der Waals surface area contributed by atoms with Gasteiger partial charge in [0.2, 0.25) is 5.91 Å². The smallest absolute Gasteiger partial charge is 0.321 e. The minimum atomic E-state index is -0.508. The minimum absolute atomic E-state index is 0.365. The number of imidazole rings is 1. The molecule has 0 saturated carbocycles. The third-order valence-corrected chi connectivity index (χ3v) is 4.54. The maximum Gasteiger partial charge on any atom is 0.321 e. The lowest BCUT2D eigenvalue weighted by Crippen LogP contribution is -2.42. The highest BCUT2D eigenvalue weighted by atomic mass is 32.2. The lowest BCUT2D eigenvalue weighted by Gasteiger charge is -2.10. The number of carbonyl (C=O) groups excluding carboxylic acids is 2. The fourth-order valence-corrected chi connectivity index (χ4v) is 3.06. The fraction of sp³-hybridized carbons (Fsp3) is 0.167. The van der Waals surface area contributed by atoms with Crippen molar-refractivity contribution in [2.75, 3.05) is 0 Å². The number of nitrogens with one attached hydrogen (secondary N) is 3. The van der Waals surface area contributed by atoms with E-state index in [1.807, 2.05) is 54.6 Å². The van der Waals surface area contributed by atoms with Gasteiger partial charge in [-0.25, -0.2) is 9.78 Å². The average Bonchev–Trinajstić information content (AvgIpc) is 3.03. The molecule has 0 saturated heterocycles. The van der Waals surface area contributed by atoms with Crippen molar-refractivity contribution in [3.8, 4) is 0 Å². The van der Waals surface area contributed by atoms with E-state index in [4.69, 9.17) is 0 Å². The number of aromatic amines is 1. The Labute approximate surface area is 149 Å². The molecule has 0 aliphatic carbocycles. The fourth-order valence-electron chi connectivity index (χ4n) is 2.24. The first-order chi connectivity index (χ1) is 12.1. The summed E-state index contributed by atoms with van der Waals surface area (Å²) >= 11 is 1.28. The van der Waals surface area contributed by atoms with Gasteiger partial charge in [-0.05, 0) is 24.6 Å². The van der Waals surface area contributed by atoms with E-state index >= 15 is 0 Å². The normalized spacial score (nSPS) is 11.9. The van der Waals surface area contributed by atoms with Crippen molar-refractivity contribution in [2.24, 2.45) is 0 Å². The molecule has 1 unspecified atom stereocenters. The van der Waals surface area contributed by atoms with Gasteiger partial charge in [-0.15, -0.1) is 0 Å². The molecule has 2 aromatic carbocycles. The van der Waals surface area contributed by atoms with Crippen molar-refractivity contribution in [1.29, 1.82) is 0 Å². The van der Waals surface area contributed by atoms with Gasteiger partial charge >= 0.3 is 6.03 Å². The Balaban J connectivity index is 1.50. The summed E-state index contributed by atoms with van der Waals surface area (Å²) in [5.74, 6) is -0.365. The van der Waals surface area contributed by atoms with Crippen molar-refractivity contribution in [1.82, 2.24) is 20.6 Å². The van der Waals surface area contributed by atoms with Gasteiger partial charge in [-0.1, -0.05) is 54.2 Å². The maximum absolute atomic E-state index is 12.1. The first-order valence-electron chi connectivity index (χ1n) is 7.86. The molecular formula is C18H18N4O2S. The summed E-state index contributed by atoms with van der Waals surface area (Å²) < 4.78 is 0. The van der Waals surface area contributed by atoms with Crippen molar-refractivity contribution >= 4 is 34.7 Å². The molecule has 6 nitrogen and oxygen atoms in total.